The molecule has 0 aliphatic carbocycles. The van der Waals surface area contributed by atoms with Gasteiger partial charge in [-0.25, -0.2) is 9.18 Å². The molecule has 5 nitrogen and oxygen atoms in total. The van der Waals surface area contributed by atoms with Crippen molar-refractivity contribution in [1.82, 2.24) is 5.32 Å². The summed E-state index contributed by atoms with van der Waals surface area (Å²) in [5.41, 5.74) is 0.267. The lowest BCUT2D eigenvalue weighted by Crippen LogP contribution is -2.42. The van der Waals surface area contributed by atoms with E-state index in [0.29, 0.717) is 6.42 Å². The van der Waals surface area contributed by atoms with Gasteiger partial charge in [0.25, 0.3) is 5.91 Å². The number of furan rings is 1. The highest BCUT2D eigenvalue weighted by molar-refractivity contribution is 5.95. The Balaban J connectivity index is 2.15. The molecule has 1 N–H and O–H groups in total. The highest BCUT2D eigenvalue weighted by atomic mass is 19.1. The number of halogens is 1. The number of ether oxygens (including phenoxy) is 1. The van der Waals surface area contributed by atoms with Crippen LogP contribution >= 0.6 is 0 Å². The molecule has 1 amide bonds. The Morgan fingerprint density at radius 1 is 1.21 bits per heavy atom. The maximum Gasteiger partial charge on any atom is 0.328 e. The predicted octanol–water partition coefficient (Wildman–Crippen LogP) is 3.40. The fraction of sp³-hybridized carbons (Fsp3) is 0.333. The number of benzene rings is 1. The molecule has 0 spiro atoms. The molecular formula is C18H20FNO4. The Labute approximate surface area is 139 Å². The second kappa shape index (κ2) is 7.77. The largest absolute Gasteiger partial charge is 0.467 e. The molecule has 128 valence electrons. The van der Waals surface area contributed by atoms with Crippen molar-refractivity contribution < 1.29 is 23.1 Å². The van der Waals surface area contributed by atoms with Crippen LogP contribution in [0.15, 0.2) is 40.8 Å². The van der Waals surface area contributed by atoms with Crippen LogP contribution in [0.2, 0.25) is 0 Å². The van der Waals surface area contributed by atoms with Gasteiger partial charge in [0, 0.05) is 0 Å². The first kappa shape index (κ1) is 17.7. The maximum absolute atomic E-state index is 13.8. The van der Waals surface area contributed by atoms with E-state index in [1.807, 2.05) is 13.8 Å². The van der Waals surface area contributed by atoms with Crippen molar-refractivity contribution in [3.8, 4) is 11.3 Å². The van der Waals surface area contributed by atoms with E-state index >= 15 is 0 Å². The van der Waals surface area contributed by atoms with Crippen molar-refractivity contribution in [3.05, 3.63) is 48.0 Å². The second-order valence-corrected chi connectivity index (χ2v) is 5.82. The highest BCUT2D eigenvalue weighted by Gasteiger charge is 2.24. The summed E-state index contributed by atoms with van der Waals surface area (Å²) >= 11 is 0. The lowest BCUT2D eigenvalue weighted by Gasteiger charge is -2.17. The van der Waals surface area contributed by atoms with Crippen LogP contribution in [0.25, 0.3) is 11.3 Å². The van der Waals surface area contributed by atoms with E-state index in [0.717, 1.165) is 0 Å². The van der Waals surface area contributed by atoms with Crippen LogP contribution in [0, 0.1) is 11.7 Å². The zero-order valence-electron chi connectivity index (χ0n) is 13.8. The molecule has 0 saturated carbocycles. The molecule has 0 saturated heterocycles. The molecule has 6 heteroatoms. The van der Waals surface area contributed by atoms with E-state index in [1.54, 1.807) is 18.2 Å². The SMILES string of the molecule is COC(=O)C(CC(C)C)NC(=O)c1ccc(-c2ccccc2F)o1. The minimum Gasteiger partial charge on any atom is -0.467 e. The van der Waals surface area contributed by atoms with Gasteiger partial charge in [-0.2, -0.15) is 0 Å². The molecular weight excluding hydrogens is 313 g/mol. The molecule has 0 aliphatic rings. The van der Waals surface area contributed by atoms with Crippen molar-refractivity contribution in [2.24, 2.45) is 5.92 Å². The number of methoxy groups -OCH3 is 1. The number of esters is 1. The Hall–Kier alpha value is -2.63. The third-order valence-corrected chi connectivity index (χ3v) is 3.47. The van der Waals surface area contributed by atoms with Crippen molar-refractivity contribution in [3.63, 3.8) is 0 Å². The first-order valence-corrected chi connectivity index (χ1v) is 7.65. The molecule has 1 atom stereocenters. The third kappa shape index (κ3) is 4.22. The van der Waals surface area contributed by atoms with Crippen LogP contribution in [0.5, 0.6) is 0 Å². The first-order chi connectivity index (χ1) is 11.4. The number of amides is 1. The van der Waals surface area contributed by atoms with E-state index in [4.69, 9.17) is 9.15 Å². The monoisotopic (exact) mass is 333 g/mol. The van der Waals surface area contributed by atoms with Crippen LogP contribution in [0.4, 0.5) is 4.39 Å². The van der Waals surface area contributed by atoms with Crippen LogP contribution < -0.4 is 5.32 Å². The minimum atomic E-state index is -0.760. The van der Waals surface area contributed by atoms with E-state index < -0.39 is 23.7 Å². The molecule has 2 aromatic rings. The summed E-state index contributed by atoms with van der Waals surface area (Å²) in [4.78, 5) is 24.0. The quantitative estimate of drug-likeness (QED) is 0.823. The van der Waals surface area contributed by atoms with Crippen molar-refractivity contribution in [2.45, 2.75) is 26.3 Å². The van der Waals surface area contributed by atoms with Gasteiger partial charge in [-0.15, -0.1) is 0 Å². The fourth-order valence-electron chi connectivity index (χ4n) is 2.32. The van der Waals surface area contributed by atoms with Crippen LogP contribution in [0.1, 0.15) is 30.8 Å². The average Bonchev–Trinajstić information content (AvgIpc) is 3.03. The van der Waals surface area contributed by atoms with Gasteiger partial charge < -0.3 is 14.5 Å². The van der Waals surface area contributed by atoms with Crippen LogP contribution in [-0.2, 0) is 9.53 Å². The zero-order valence-corrected chi connectivity index (χ0v) is 13.8. The van der Waals surface area contributed by atoms with E-state index in [-0.39, 0.29) is 23.0 Å². The minimum absolute atomic E-state index is 0.00547. The summed E-state index contributed by atoms with van der Waals surface area (Å²) in [6.07, 6.45) is 0.444. The highest BCUT2D eigenvalue weighted by Crippen LogP contribution is 2.24. The molecule has 24 heavy (non-hydrogen) atoms. The van der Waals surface area contributed by atoms with Gasteiger partial charge in [0.05, 0.1) is 12.7 Å². The first-order valence-electron chi connectivity index (χ1n) is 7.65. The molecule has 1 heterocycles. The number of hydrogen-bond acceptors (Lipinski definition) is 4. The average molecular weight is 333 g/mol. The summed E-state index contributed by atoms with van der Waals surface area (Å²) in [5.74, 6) is -1.06. The fourth-order valence-corrected chi connectivity index (χ4v) is 2.32. The summed E-state index contributed by atoms with van der Waals surface area (Å²) in [5, 5.41) is 2.59. The predicted molar refractivity (Wildman–Crippen MR) is 86.8 cm³/mol. The third-order valence-electron chi connectivity index (χ3n) is 3.47. The van der Waals surface area contributed by atoms with Gasteiger partial charge in [-0.1, -0.05) is 26.0 Å². The second-order valence-electron chi connectivity index (χ2n) is 5.82. The summed E-state index contributed by atoms with van der Waals surface area (Å²) in [6.45, 7) is 3.87. The molecule has 1 aromatic heterocycles. The summed E-state index contributed by atoms with van der Waals surface area (Å²) in [7, 11) is 1.27. The zero-order chi connectivity index (χ0) is 17.7. The lowest BCUT2D eigenvalue weighted by molar-refractivity contribution is -0.143. The molecule has 2 rings (SSSR count). The van der Waals surface area contributed by atoms with Gasteiger partial charge >= 0.3 is 5.97 Å². The summed E-state index contributed by atoms with van der Waals surface area (Å²) < 4.78 is 23.9. The Morgan fingerprint density at radius 2 is 1.92 bits per heavy atom. The Bertz CT molecular complexity index is 723. The van der Waals surface area contributed by atoms with Gasteiger partial charge in [0.15, 0.2) is 5.76 Å². The van der Waals surface area contributed by atoms with Crippen molar-refractivity contribution >= 4 is 11.9 Å². The van der Waals surface area contributed by atoms with Gasteiger partial charge in [0.1, 0.15) is 17.6 Å². The standard InChI is InChI=1S/C18H20FNO4/c1-11(2)10-14(18(22)23-3)20-17(21)16-9-8-15(24-16)12-6-4-5-7-13(12)19/h4-9,11,14H,10H2,1-3H3,(H,20,21). The van der Waals surface area contributed by atoms with Gasteiger partial charge in [0.2, 0.25) is 0 Å². The lowest BCUT2D eigenvalue weighted by atomic mass is 10.0. The van der Waals surface area contributed by atoms with E-state index in [9.17, 15) is 14.0 Å². The maximum atomic E-state index is 13.8. The Morgan fingerprint density at radius 3 is 2.54 bits per heavy atom. The van der Waals surface area contributed by atoms with Gasteiger partial charge in [-0.05, 0) is 36.6 Å². The smallest absolute Gasteiger partial charge is 0.328 e. The number of hydrogen-bond donors (Lipinski definition) is 1. The number of carbonyl (C=O) groups excluding carboxylic acids is 2. The molecule has 0 radical (unpaired) electrons. The molecule has 0 aliphatic heterocycles. The van der Waals surface area contributed by atoms with E-state index in [1.165, 1.54) is 25.3 Å². The number of carbonyl (C=O) groups is 2. The number of nitrogens with one attached hydrogen (secondary N) is 1. The Kier molecular flexibility index (Phi) is 5.73. The van der Waals surface area contributed by atoms with Crippen LogP contribution in [0.3, 0.4) is 0 Å². The topological polar surface area (TPSA) is 68.5 Å². The molecule has 1 aromatic carbocycles. The van der Waals surface area contributed by atoms with Crippen molar-refractivity contribution in [2.75, 3.05) is 7.11 Å². The molecule has 1 unspecified atom stereocenters. The number of rotatable bonds is 6. The van der Waals surface area contributed by atoms with Crippen LogP contribution in [-0.4, -0.2) is 25.0 Å². The molecule has 0 fully saturated rings. The van der Waals surface area contributed by atoms with E-state index in [2.05, 4.69) is 5.32 Å². The molecule has 0 bridgehead atoms. The summed E-state index contributed by atoms with van der Waals surface area (Å²) in [6, 6.07) is 8.33. The van der Waals surface area contributed by atoms with Crippen molar-refractivity contribution in [1.29, 1.82) is 0 Å². The van der Waals surface area contributed by atoms with Gasteiger partial charge in [-0.3, -0.25) is 4.79 Å². The normalized spacial score (nSPS) is 12.0.